The van der Waals surface area contributed by atoms with Gasteiger partial charge in [-0.3, -0.25) is 4.79 Å². The first-order chi connectivity index (χ1) is 12.1. The van der Waals surface area contributed by atoms with Crippen LogP contribution in [0.4, 0.5) is 4.39 Å². The highest BCUT2D eigenvalue weighted by atomic mass is 35.5. The second-order valence-electron chi connectivity index (χ2n) is 6.00. The molecule has 0 spiro atoms. The lowest BCUT2D eigenvalue weighted by Crippen LogP contribution is -2.35. The molecule has 1 atom stereocenters. The van der Waals surface area contributed by atoms with E-state index in [9.17, 15) is 9.18 Å². The maximum Gasteiger partial charge on any atom is 0.237 e. The van der Waals surface area contributed by atoms with Crippen LogP contribution in [0.1, 0.15) is 12.0 Å². The molecule has 0 aliphatic heterocycles. The van der Waals surface area contributed by atoms with Crippen LogP contribution >= 0.6 is 11.6 Å². The molecule has 0 fully saturated rings. The van der Waals surface area contributed by atoms with E-state index in [4.69, 9.17) is 11.6 Å². The molecule has 3 aromatic rings. The van der Waals surface area contributed by atoms with Crippen LogP contribution in [-0.2, 0) is 11.3 Å². The summed E-state index contributed by atoms with van der Waals surface area (Å²) in [5, 5.41) is 6.00. The number of carbonyl (C=O) groups is 1. The first kappa shape index (κ1) is 15.8. The van der Waals surface area contributed by atoms with E-state index in [1.165, 1.54) is 6.20 Å². The number of fused-ring (bicyclic) bond motifs is 3. The van der Waals surface area contributed by atoms with Gasteiger partial charge in [0.15, 0.2) is 0 Å². The molecule has 6 heteroatoms. The lowest BCUT2D eigenvalue weighted by molar-refractivity contribution is -0.123. The fourth-order valence-corrected chi connectivity index (χ4v) is 3.33. The standard InChI is InChI=1S/C19H15ClFN3O/c20-15-4-2-1-3-12(15)10-23-19(25)11-5-6-13-14-7-8-22-18(21)17(14)24-16(13)9-11/h1-4,6-9,11,24H,5,10H2,(H,23,25). The van der Waals surface area contributed by atoms with E-state index >= 15 is 0 Å². The number of nitrogens with one attached hydrogen (secondary N) is 2. The number of H-pyrrole nitrogens is 1. The Morgan fingerprint density at radius 1 is 1.36 bits per heavy atom. The lowest BCUT2D eigenvalue weighted by Gasteiger charge is -2.14. The van der Waals surface area contributed by atoms with Crippen LogP contribution in [0.2, 0.25) is 5.02 Å². The molecular formula is C19H15ClFN3O. The summed E-state index contributed by atoms with van der Waals surface area (Å²) in [6, 6.07) is 9.18. The van der Waals surface area contributed by atoms with E-state index in [1.807, 2.05) is 30.4 Å². The molecule has 1 aromatic carbocycles. The number of nitrogens with zero attached hydrogens (tertiary/aromatic N) is 1. The number of amides is 1. The predicted molar refractivity (Wildman–Crippen MR) is 95.6 cm³/mol. The second kappa shape index (κ2) is 6.33. The van der Waals surface area contributed by atoms with Crippen molar-refractivity contribution in [1.29, 1.82) is 0 Å². The summed E-state index contributed by atoms with van der Waals surface area (Å²) in [4.78, 5) is 19.2. The molecule has 0 saturated carbocycles. The normalized spacial score (nSPS) is 16.0. The van der Waals surface area contributed by atoms with E-state index in [0.29, 0.717) is 23.5 Å². The summed E-state index contributed by atoms with van der Waals surface area (Å²) >= 11 is 6.11. The van der Waals surface area contributed by atoms with E-state index in [-0.39, 0.29) is 11.8 Å². The molecule has 0 bridgehead atoms. The van der Waals surface area contributed by atoms with Crippen molar-refractivity contribution >= 4 is 40.6 Å². The Balaban J connectivity index is 1.58. The Bertz CT molecular complexity index is 1090. The summed E-state index contributed by atoms with van der Waals surface area (Å²) < 4.78 is 13.8. The van der Waals surface area contributed by atoms with Gasteiger partial charge in [-0.1, -0.05) is 35.9 Å². The number of halogens is 2. The number of carbonyl (C=O) groups excluding carboxylic acids is 1. The molecule has 0 saturated heterocycles. The molecule has 4 rings (SSSR count). The van der Waals surface area contributed by atoms with Gasteiger partial charge in [-0.15, -0.1) is 0 Å². The molecule has 1 aliphatic carbocycles. The minimum Gasteiger partial charge on any atom is -0.351 e. The average molecular weight is 356 g/mol. The van der Waals surface area contributed by atoms with Gasteiger partial charge in [0, 0.05) is 33.7 Å². The van der Waals surface area contributed by atoms with Gasteiger partial charge in [0.1, 0.15) is 5.52 Å². The van der Waals surface area contributed by atoms with E-state index in [0.717, 1.165) is 21.5 Å². The van der Waals surface area contributed by atoms with Crippen molar-refractivity contribution in [2.75, 3.05) is 0 Å². The lowest BCUT2D eigenvalue weighted by atomic mass is 9.98. The summed E-state index contributed by atoms with van der Waals surface area (Å²) in [5.41, 5.74) is 1.24. The molecule has 25 heavy (non-hydrogen) atoms. The Hall–Kier alpha value is -2.66. The highest BCUT2D eigenvalue weighted by molar-refractivity contribution is 6.31. The maximum absolute atomic E-state index is 13.8. The maximum atomic E-state index is 13.8. The number of aromatic amines is 1. The van der Waals surface area contributed by atoms with Gasteiger partial charge >= 0.3 is 0 Å². The third-order valence-corrected chi connectivity index (χ3v) is 4.80. The minimum atomic E-state index is -0.534. The Morgan fingerprint density at radius 3 is 3.04 bits per heavy atom. The second-order valence-corrected chi connectivity index (χ2v) is 6.41. The van der Waals surface area contributed by atoms with Crippen molar-refractivity contribution in [3.63, 3.8) is 0 Å². The number of pyridine rings is 1. The van der Waals surface area contributed by atoms with Crippen molar-refractivity contribution in [2.45, 2.75) is 13.0 Å². The molecular weight excluding hydrogens is 341 g/mol. The SMILES string of the molecule is O=C(NCc1ccccc1Cl)C1C=c2[nH]c3c(F)nccc3c2=CC1. The zero-order valence-electron chi connectivity index (χ0n) is 13.2. The summed E-state index contributed by atoms with van der Waals surface area (Å²) in [6.07, 6.45) is 5.82. The third-order valence-electron chi connectivity index (χ3n) is 4.44. The highest BCUT2D eigenvalue weighted by Gasteiger charge is 2.19. The van der Waals surface area contributed by atoms with E-state index < -0.39 is 5.95 Å². The Kier molecular flexibility index (Phi) is 4.01. The van der Waals surface area contributed by atoms with Gasteiger partial charge in [0.2, 0.25) is 11.9 Å². The quantitative estimate of drug-likeness (QED) is 0.708. The topological polar surface area (TPSA) is 57.8 Å². The van der Waals surface area contributed by atoms with Crippen LogP contribution in [0.15, 0.2) is 36.5 Å². The number of aromatic nitrogens is 2. The van der Waals surface area contributed by atoms with Crippen LogP contribution < -0.4 is 15.9 Å². The summed E-state index contributed by atoms with van der Waals surface area (Å²) in [6.45, 7) is 0.376. The van der Waals surface area contributed by atoms with Crippen molar-refractivity contribution in [1.82, 2.24) is 15.3 Å². The zero-order chi connectivity index (χ0) is 17.4. The third kappa shape index (κ3) is 2.91. The minimum absolute atomic E-state index is 0.0842. The number of hydrogen-bond donors (Lipinski definition) is 2. The van der Waals surface area contributed by atoms with Gasteiger partial charge in [-0.05, 0) is 30.2 Å². The fourth-order valence-electron chi connectivity index (χ4n) is 3.13. The molecule has 1 amide bonds. The van der Waals surface area contributed by atoms with Crippen molar-refractivity contribution in [2.24, 2.45) is 5.92 Å². The van der Waals surface area contributed by atoms with Crippen LogP contribution in [0, 0.1) is 11.9 Å². The van der Waals surface area contributed by atoms with Gasteiger partial charge in [-0.2, -0.15) is 4.39 Å². The first-order valence-corrected chi connectivity index (χ1v) is 8.36. The first-order valence-electron chi connectivity index (χ1n) is 7.99. The fraction of sp³-hybridized carbons (Fsp3) is 0.158. The Labute approximate surface area is 148 Å². The van der Waals surface area contributed by atoms with Crippen molar-refractivity contribution < 1.29 is 9.18 Å². The molecule has 2 N–H and O–H groups in total. The molecule has 2 aromatic heterocycles. The molecule has 0 radical (unpaired) electrons. The summed E-state index contributed by atoms with van der Waals surface area (Å²) in [5.74, 6) is -0.924. The van der Waals surface area contributed by atoms with E-state index in [1.54, 1.807) is 12.1 Å². The van der Waals surface area contributed by atoms with E-state index in [2.05, 4.69) is 15.3 Å². The van der Waals surface area contributed by atoms with Crippen LogP contribution in [0.25, 0.3) is 23.1 Å². The zero-order valence-corrected chi connectivity index (χ0v) is 14.0. The van der Waals surface area contributed by atoms with Gasteiger partial charge in [0.05, 0.1) is 5.92 Å². The van der Waals surface area contributed by atoms with Crippen molar-refractivity contribution in [3.8, 4) is 0 Å². The molecule has 4 nitrogen and oxygen atoms in total. The molecule has 2 heterocycles. The van der Waals surface area contributed by atoms with Gasteiger partial charge < -0.3 is 10.3 Å². The van der Waals surface area contributed by atoms with Gasteiger partial charge in [-0.25, -0.2) is 4.98 Å². The Morgan fingerprint density at radius 2 is 2.20 bits per heavy atom. The average Bonchev–Trinajstić information content (AvgIpc) is 3.00. The largest absolute Gasteiger partial charge is 0.351 e. The van der Waals surface area contributed by atoms with Gasteiger partial charge in [0.25, 0.3) is 0 Å². The highest BCUT2D eigenvalue weighted by Crippen LogP contribution is 2.16. The molecule has 1 aliphatic rings. The number of rotatable bonds is 3. The molecule has 126 valence electrons. The van der Waals surface area contributed by atoms with Crippen LogP contribution in [-0.4, -0.2) is 15.9 Å². The predicted octanol–water partition coefficient (Wildman–Crippen LogP) is 2.25. The van der Waals surface area contributed by atoms with Crippen molar-refractivity contribution in [3.05, 3.63) is 63.6 Å². The number of benzene rings is 1. The smallest absolute Gasteiger partial charge is 0.237 e. The monoisotopic (exact) mass is 355 g/mol. The van der Waals surface area contributed by atoms with Crippen LogP contribution in [0.5, 0.6) is 0 Å². The van der Waals surface area contributed by atoms with Crippen LogP contribution in [0.3, 0.4) is 0 Å². The number of hydrogen-bond acceptors (Lipinski definition) is 2. The summed E-state index contributed by atoms with van der Waals surface area (Å²) in [7, 11) is 0. The molecule has 1 unspecified atom stereocenters.